The van der Waals surface area contributed by atoms with Crippen LogP contribution in [0.2, 0.25) is 0 Å². The summed E-state index contributed by atoms with van der Waals surface area (Å²) in [7, 11) is 0. The van der Waals surface area contributed by atoms with E-state index in [1.807, 2.05) is 0 Å². The quantitative estimate of drug-likeness (QED) is 0.0346. The van der Waals surface area contributed by atoms with Crippen molar-refractivity contribution < 1.29 is 14.3 Å². The summed E-state index contributed by atoms with van der Waals surface area (Å²) in [6, 6.07) is 0. The van der Waals surface area contributed by atoms with E-state index in [9.17, 15) is 4.79 Å². The van der Waals surface area contributed by atoms with Gasteiger partial charge in [0.05, 0.1) is 0 Å². The minimum atomic E-state index is -0.348. The summed E-state index contributed by atoms with van der Waals surface area (Å²) in [5.41, 5.74) is 0. The third kappa shape index (κ3) is 53.6. The second kappa shape index (κ2) is 60.6. The van der Waals surface area contributed by atoms with Crippen LogP contribution in [0.4, 0.5) is 4.79 Å². The van der Waals surface area contributed by atoms with Crippen molar-refractivity contribution in [2.45, 2.75) is 400 Å². The van der Waals surface area contributed by atoms with Gasteiger partial charge in [0.25, 0.3) is 0 Å². The minimum Gasteiger partial charge on any atom is -0.431 e. The summed E-state index contributed by atoms with van der Waals surface area (Å²) >= 11 is 0. The summed E-state index contributed by atoms with van der Waals surface area (Å²) in [4.78, 5) is 14.2. The SMILES string of the molecule is CCCCCCCC/C=C\CCCCCCCC(CC(CCCCCC)CCCCCCCC)OC(=O)OC(CCCCCCC/C=C\CCCCCCCC)CC(CCCCCC)CCCCCCCC. The van der Waals surface area contributed by atoms with Crippen molar-refractivity contribution in [3.63, 3.8) is 0 Å². The van der Waals surface area contributed by atoms with E-state index in [0.29, 0.717) is 11.8 Å². The van der Waals surface area contributed by atoms with Crippen molar-refractivity contribution in [3.05, 3.63) is 24.3 Å². The number of ether oxygens (including phenoxy) is 2. The van der Waals surface area contributed by atoms with Crippen molar-refractivity contribution in [1.29, 1.82) is 0 Å². The van der Waals surface area contributed by atoms with Gasteiger partial charge in [0.15, 0.2) is 0 Å². The first-order valence-corrected chi connectivity index (χ1v) is 33.7. The zero-order valence-electron chi connectivity index (χ0n) is 50.5. The lowest BCUT2D eigenvalue weighted by Crippen LogP contribution is -2.27. The Labute approximate surface area is 455 Å². The van der Waals surface area contributed by atoms with Crippen LogP contribution >= 0.6 is 0 Å². The number of carbonyl (C=O) groups is 1. The van der Waals surface area contributed by atoms with Crippen molar-refractivity contribution in [1.82, 2.24) is 0 Å². The molecule has 0 aromatic carbocycles. The monoisotopic (exact) mass is 1010 g/mol. The summed E-state index contributed by atoms with van der Waals surface area (Å²) in [5, 5.41) is 0. The highest BCUT2D eigenvalue weighted by Gasteiger charge is 2.25. The molecule has 0 fully saturated rings. The van der Waals surface area contributed by atoms with Gasteiger partial charge in [0, 0.05) is 0 Å². The van der Waals surface area contributed by atoms with E-state index in [-0.39, 0.29) is 18.4 Å². The highest BCUT2D eigenvalue weighted by molar-refractivity contribution is 5.60. The normalized spacial score (nSPS) is 13.6. The Bertz CT molecular complexity index is 998. The van der Waals surface area contributed by atoms with E-state index in [1.165, 1.54) is 308 Å². The largest absolute Gasteiger partial charge is 0.508 e. The molecule has 0 bridgehead atoms. The maximum atomic E-state index is 14.2. The van der Waals surface area contributed by atoms with E-state index in [1.54, 1.807) is 0 Å². The summed E-state index contributed by atoms with van der Waals surface area (Å²) in [5.74, 6) is 1.29. The van der Waals surface area contributed by atoms with Crippen LogP contribution in [-0.4, -0.2) is 18.4 Å². The van der Waals surface area contributed by atoms with Gasteiger partial charge in [-0.2, -0.15) is 0 Å². The first-order valence-electron chi connectivity index (χ1n) is 33.7. The third-order valence-corrected chi connectivity index (χ3v) is 16.2. The highest BCUT2D eigenvalue weighted by atomic mass is 16.7. The second-order valence-electron chi connectivity index (χ2n) is 23.5. The molecule has 0 radical (unpaired) electrons. The van der Waals surface area contributed by atoms with Gasteiger partial charge in [-0.25, -0.2) is 4.79 Å². The van der Waals surface area contributed by atoms with E-state index >= 15 is 0 Å². The predicted octanol–water partition coefficient (Wildman–Crippen LogP) is 25.4. The number of unbranched alkanes of at least 4 members (excludes halogenated alkanes) is 38. The van der Waals surface area contributed by atoms with Crippen LogP contribution in [0, 0.1) is 11.8 Å². The van der Waals surface area contributed by atoms with Crippen LogP contribution in [-0.2, 0) is 9.47 Å². The van der Waals surface area contributed by atoms with E-state index in [2.05, 4.69) is 65.8 Å². The molecule has 0 saturated carbocycles. The van der Waals surface area contributed by atoms with E-state index in [4.69, 9.17) is 9.47 Å². The van der Waals surface area contributed by atoms with Crippen molar-refractivity contribution in [2.75, 3.05) is 0 Å². The number of hydrogen-bond donors (Lipinski definition) is 0. The topological polar surface area (TPSA) is 35.5 Å². The molecule has 0 aliphatic rings. The average Bonchev–Trinajstić information content (AvgIpc) is 3.38. The molecule has 0 spiro atoms. The van der Waals surface area contributed by atoms with Crippen molar-refractivity contribution in [3.8, 4) is 0 Å². The van der Waals surface area contributed by atoms with Crippen LogP contribution in [0.3, 0.4) is 0 Å². The molecule has 0 rings (SSSR count). The molecular weight excluding hydrogens is 877 g/mol. The van der Waals surface area contributed by atoms with Gasteiger partial charge in [0.1, 0.15) is 12.2 Å². The zero-order valence-corrected chi connectivity index (χ0v) is 50.5. The fourth-order valence-corrected chi connectivity index (χ4v) is 11.3. The first kappa shape index (κ1) is 70.8. The molecule has 0 amide bonds. The van der Waals surface area contributed by atoms with Crippen LogP contribution in [0.15, 0.2) is 24.3 Å². The third-order valence-electron chi connectivity index (χ3n) is 16.2. The molecule has 0 N–H and O–H groups in total. The second-order valence-corrected chi connectivity index (χ2v) is 23.5. The minimum absolute atomic E-state index is 0.0212. The Morgan fingerprint density at radius 3 is 0.708 bits per heavy atom. The molecular formula is C69H134O3. The maximum Gasteiger partial charge on any atom is 0.508 e. The molecule has 0 saturated heterocycles. The van der Waals surface area contributed by atoms with Gasteiger partial charge in [-0.05, 0) is 102 Å². The molecule has 3 heteroatoms. The smallest absolute Gasteiger partial charge is 0.431 e. The number of hydrogen-bond acceptors (Lipinski definition) is 3. The molecule has 3 nitrogen and oxygen atoms in total. The van der Waals surface area contributed by atoms with Gasteiger partial charge in [-0.3, -0.25) is 0 Å². The fraction of sp³-hybridized carbons (Fsp3) is 0.928. The molecule has 428 valence electrons. The summed E-state index contributed by atoms with van der Waals surface area (Å²) in [6.45, 7) is 13.9. The molecule has 0 aromatic heterocycles. The Kier molecular flexibility index (Phi) is 59.6. The average molecular weight is 1010 g/mol. The van der Waals surface area contributed by atoms with Gasteiger partial charge in [-0.15, -0.1) is 0 Å². The molecule has 72 heavy (non-hydrogen) atoms. The Balaban J connectivity index is 5.76. The predicted molar refractivity (Wildman–Crippen MR) is 324 cm³/mol. The van der Waals surface area contributed by atoms with Crippen molar-refractivity contribution in [2.24, 2.45) is 11.8 Å². The Morgan fingerprint density at radius 2 is 0.458 bits per heavy atom. The van der Waals surface area contributed by atoms with Crippen LogP contribution in [0.1, 0.15) is 388 Å². The Morgan fingerprint density at radius 1 is 0.264 bits per heavy atom. The molecule has 0 aliphatic carbocycles. The van der Waals surface area contributed by atoms with Gasteiger partial charge < -0.3 is 9.47 Å². The molecule has 4 unspecified atom stereocenters. The van der Waals surface area contributed by atoms with Gasteiger partial charge >= 0.3 is 6.16 Å². The molecule has 0 heterocycles. The lowest BCUT2D eigenvalue weighted by molar-refractivity contribution is -0.0199. The standard InChI is InChI=1S/C69H134O3/c1-7-13-19-25-29-31-33-35-37-39-41-43-45-49-55-61-67(63-65(57-51-23-17-11-5)59-53-47-27-21-15-9-3)71-69(70)72-68(64-66(58-52-24-18-12-6)60-54-48-28-22-16-10-4)62-56-50-46-44-42-40-38-36-34-32-30-26-20-14-8-2/h35-38,65-68H,7-34,39-64H2,1-6H3/b37-35-,38-36-. The van der Waals surface area contributed by atoms with Crippen LogP contribution in [0.5, 0.6) is 0 Å². The lowest BCUT2D eigenvalue weighted by atomic mass is 9.88. The molecule has 4 atom stereocenters. The van der Waals surface area contributed by atoms with Gasteiger partial charge in [-0.1, -0.05) is 323 Å². The zero-order chi connectivity index (χ0) is 52.3. The Hall–Kier alpha value is -1.25. The number of rotatable bonds is 60. The van der Waals surface area contributed by atoms with Crippen LogP contribution in [0.25, 0.3) is 0 Å². The maximum absolute atomic E-state index is 14.2. The molecule has 0 aromatic rings. The number of allylic oxidation sites excluding steroid dienone is 4. The van der Waals surface area contributed by atoms with E-state index < -0.39 is 0 Å². The molecule has 0 aliphatic heterocycles. The van der Waals surface area contributed by atoms with E-state index in [0.717, 1.165) is 38.5 Å². The van der Waals surface area contributed by atoms with Crippen molar-refractivity contribution >= 4 is 6.16 Å². The first-order chi connectivity index (χ1) is 35.5. The summed E-state index contributed by atoms with van der Waals surface area (Å²) < 4.78 is 13.2. The highest BCUT2D eigenvalue weighted by Crippen LogP contribution is 2.30. The van der Waals surface area contributed by atoms with Gasteiger partial charge in [0.2, 0.25) is 0 Å². The summed E-state index contributed by atoms with van der Waals surface area (Å²) in [6.07, 6.45) is 79.4. The number of carbonyl (C=O) groups excluding carboxylic acids is 1. The van der Waals surface area contributed by atoms with Crippen LogP contribution < -0.4 is 0 Å². The lowest BCUT2D eigenvalue weighted by Gasteiger charge is -2.27. The fourth-order valence-electron chi connectivity index (χ4n) is 11.3.